The predicted molar refractivity (Wildman–Crippen MR) is 64.0 cm³/mol. The van der Waals surface area contributed by atoms with Gasteiger partial charge in [0.2, 0.25) is 0 Å². The minimum atomic E-state index is -0.785. The summed E-state index contributed by atoms with van der Waals surface area (Å²) in [4.78, 5) is 33.1. The number of nitrogens with zero attached hydrogens (tertiary/aromatic N) is 2. The number of amides is 3. The van der Waals surface area contributed by atoms with Crippen LogP contribution in [0.5, 0.6) is 0 Å². The minimum absolute atomic E-state index is 0.0916. The molecule has 8 nitrogen and oxygen atoms in total. The normalized spacial score (nSPS) is 9.78. The first-order chi connectivity index (χ1) is 8.66. The van der Waals surface area contributed by atoms with Gasteiger partial charge in [0.15, 0.2) is 11.6 Å². The number of nitrogens with one attached hydrogen (secondary N) is 3. The summed E-state index contributed by atoms with van der Waals surface area (Å²) in [7, 11) is 0. The van der Waals surface area contributed by atoms with E-state index in [2.05, 4.69) is 25.6 Å². The van der Waals surface area contributed by atoms with Gasteiger partial charge in [0.25, 0.3) is 5.91 Å². The Morgan fingerprint density at radius 1 is 1.17 bits per heavy atom. The number of aromatic nitrogens is 3. The summed E-state index contributed by atoms with van der Waals surface area (Å²) >= 11 is 0. The van der Waals surface area contributed by atoms with Crippen molar-refractivity contribution in [2.24, 2.45) is 5.73 Å². The van der Waals surface area contributed by atoms with Gasteiger partial charge in [-0.15, -0.1) is 0 Å². The largest absolute Gasteiger partial charge is 0.367 e. The van der Waals surface area contributed by atoms with E-state index in [9.17, 15) is 9.59 Å². The van der Waals surface area contributed by atoms with Crippen LogP contribution in [0.1, 0.15) is 10.4 Å². The van der Waals surface area contributed by atoms with E-state index in [4.69, 9.17) is 5.73 Å². The van der Waals surface area contributed by atoms with E-state index in [0.717, 1.165) is 0 Å². The van der Waals surface area contributed by atoms with Gasteiger partial charge in [-0.25, -0.2) is 14.8 Å². The highest BCUT2D eigenvalue weighted by atomic mass is 16.2. The lowest BCUT2D eigenvalue weighted by Gasteiger charge is -2.07. The van der Waals surface area contributed by atoms with Crippen LogP contribution in [-0.4, -0.2) is 26.9 Å². The Kier molecular flexibility index (Phi) is 3.19. The Labute approximate surface area is 102 Å². The van der Waals surface area contributed by atoms with Gasteiger partial charge in [-0.05, 0) is 6.07 Å². The highest BCUT2D eigenvalue weighted by Gasteiger charge is 2.12. The number of rotatable bonds is 3. The van der Waals surface area contributed by atoms with Crippen LogP contribution >= 0.6 is 0 Å². The second kappa shape index (κ2) is 4.95. The molecule has 0 radical (unpaired) electrons. The molecule has 3 amide bonds. The van der Waals surface area contributed by atoms with Gasteiger partial charge in [-0.3, -0.25) is 10.1 Å². The van der Waals surface area contributed by atoms with E-state index in [1.165, 1.54) is 18.6 Å². The molecule has 2 heterocycles. The Hall–Kier alpha value is -2.90. The number of hydrogen-bond donors (Lipinski definition) is 4. The van der Waals surface area contributed by atoms with E-state index >= 15 is 0 Å². The zero-order valence-electron chi connectivity index (χ0n) is 9.18. The molecule has 0 saturated heterocycles. The first kappa shape index (κ1) is 11.6. The van der Waals surface area contributed by atoms with Crippen LogP contribution in [0.3, 0.4) is 0 Å². The van der Waals surface area contributed by atoms with Crippen molar-refractivity contribution in [3.05, 3.63) is 36.4 Å². The second-order valence-corrected chi connectivity index (χ2v) is 3.30. The summed E-state index contributed by atoms with van der Waals surface area (Å²) in [5, 5.41) is 4.78. The number of hydrogen-bond acceptors (Lipinski definition) is 4. The average molecular weight is 246 g/mol. The summed E-state index contributed by atoms with van der Waals surface area (Å²) in [6.45, 7) is 0. The van der Waals surface area contributed by atoms with Crippen molar-refractivity contribution in [3.63, 3.8) is 0 Å². The van der Waals surface area contributed by atoms with Crippen LogP contribution in [0.2, 0.25) is 0 Å². The quantitative estimate of drug-likeness (QED) is 0.630. The van der Waals surface area contributed by atoms with Gasteiger partial charge in [-0.1, -0.05) is 0 Å². The number of carbonyl (C=O) groups excluding carboxylic acids is 2. The fourth-order valence-corrected chi connectivity index (χ4v) is 1.28. The van der Waals surface area contributed by atoms with Crippen LogP contribution in [0.4, 0.5) is 16.4 Å². The second-order valence-electron chi connectivity index (χ2n) is 3.30. The van der Waals surface area contributed by atoms with Crippen molar-refractivity contribution >= 4 is 23.6 Å². The highest BCUT2D eigenvalue weighted by molar-refractivity contribution is 6.05. The molecule has 92 valence electrons. The van der Waals surface area contributed by atoms with Gasteiger partial charge in [0.1, 0.15) is 0 Å². The number of aromatic amines is 1. The van der Waals surface area contributed by atoms with Gasteiger partial charge in [0.05, 0.1) is 5.56 Å². The van der Waals surface area contributed by atoms with Crippen LogP contribution in [-0.2, 0) is 0 Å². The van der Waals surface area contributed by atoms with Crippen LogP contribution in [0.25, 0.3) is 0 Å². The molecule has 0 bridgehead atoms. The van der Waals surface area contributed by atoms with E-state index in [-0.39, 0.29) is 17.5 Å². The lowest BCUT2D eigenvalue weighted by molar-refractivity contribution is 0.102. The van der Waals surface area contributed by atoms with Crippen LogP contribution in [0, 0.1) is 0 Å². The molecule has 0 saturated carbocycles. The van der Waals surface area contributed by atoms with Crippen molar-refractivity contribution in [1.82, 2.24) is 15.0 Å². The highest BCUT2D eigenvalue weighted by Crippen LogP contribution is 2.15. The van der Waals surface area contributed by atoms with Crippen LogP contribution in [0.15, 0.2) is 30.9 Å². The zero-order valence-corrected chi connectivity index (χ0v) is 9.18. The lowest BCUT2D eigenvalue weighted by atomic mass is 10.3. The predicted octanol–water partition coefficient (Wildman–Crippen LogP) is 0.548. The molecular formula is C10H10N6O2. The molecule has 0 unspecified atom stereocenters. The number of primary amides is 1. The fourth-order valence-electron chi connectivity index (χ4n) is 1.28. The Balaban J connectivity index is 2.18. The summed E-state index contributed by atoms with van der Waals surface area (Å²) < 4.78 is 0. The number of anilines is 2. The number of carbonyl (C=O) groups is 2. The third-order valence-corrected chi connectivity index (χ3v) is 2.03. The van der Waals surface area contributed by atoms with Crippen molar-refractivity contribution in [3.8, 4) is 0 Å². The molecule has 0 aromatic carbocycles. The van der Waals surface area contributed by atoms with Crippen molar-refractivity contribution in [2.75, 3.05) is 10.6 Å². The molecule has 2 aromatic heterocycles. The lowest BCUT2D eigenvalue weighted by Crippen LogP contribution is -2.22. The summed E-state index contributed by atoms with van der Waals surface area (Å²) in [6.07, 6.45) is 5.91. The van der Waals surface area contributed by atoms with Gasteiger partial charge < -0.3 is 16.0 Å². The molecule has 0 spiro atoms. The molecule has 0 fully saturated rings. The minimum Gasteiger partial charge on any atom is -0.367 e. The topological polar surface area (TPSA) is 126 Å². The third-order valence-electron chi connectivity index (χ3n) is 2.03. The molecule has 5 N–H and O–H groups in total. The zero-order chi connectivity index (χ0) is 13.0. The molecular weight excluding hydrogens is 236 g/mol. The Bertz CT molecular complexity index is 566. The standard InChI is InChI=1S/C10H10N6O2/c11-10(18)16-8-7(13-3-4-14-8)15-9(17)6-1-2-12-5-6/h1-5,12H,(H,13,15,17)(H3,11,14,16,18). The van der Waals surface area contributed by atoms with Gasteiger partial charge in [0, 0.05) is 24.8 Å². The van der Waals surface area contributed by atoms with E-state index in [0.29, 0.717) is 5.56 Å². The van der Waals surface area contributed by atoms with E-state index in [1.54, 1.807) is 12.3 Å². The molecule has 0 atom stereocenters. The fraction of sp³-hybridized carbons (Fsp3) is 0. The summed E-state index contributed by atoms with van der Waals surface area (Å²) in [5.74, 6) is -0.152. The molecule has 0 aliphatic rings. The smallest absolute Gasteiger partial charge is 0.317 e. The number of nitrogens with two attached hydrogens (primary N) is 1. The van der Waals surface area contributed by atoms with Crippen LogP contribution < -0.4 is 16.4 Å². The maximum atomic E-state index is 11.8. The maximum absolute atomic E-state index is 11.8. The van der Waals surface area contributed by atoms with Crippen molar-refractivity contribution < 1.29 is 9.59 Å². The first-order valence-electron chi connectivity index (χ1n) is 4.98. The molecule has 2 rings (SSSR count). The van der Waals surface area contributed by atoms with E-state index in [1.807, 2.05) is 0 Å². The number of urea groups is 1. The van der Waals surface area contributed by atoms with Crippen molar-refractivity contribution in [2.45, 2.75) is 0 Å². The average Bonchev–Trinajstić information content (AvgIpc) is 2.84. The summed E-state index contributed by atoms with van der Waals surface area (Å²) in [6, 6.07) is 0.819. The Morgan fingerprint density at radius 2 is 1.83 bits per heavy atom. The van der Waals surface area contributed by atoms with Crippen molar-refractivity contribution in [1.29, 1.82) is 0 Å². The maximum Gasteiger partial charge on any atom is 0.317 e. The number of H-pyrrole nitrogens is 1. The molecule has 8 heteroatoms. The SMILES string of the molecule is NC(=O)Nc1nccnc1NC(=O)c1cc[nH]c1. The first-order valence-corrected chi connectivity index (χ1v) is 4.98. The molecule has 2 aromatic rings. The van der Waals surface area contributed by atoms with E-state index < -0.39 is 6.03 Å². The third kappa shape index (κ3) is 2.61. The monoisotopic (exact) mass is 246 g/mol. The molecule has 18 heavy (non-hydrogen) atoms. The Morgan fingerprint density at radius 3 is 2.39 bits per heavy atom. The van der Waals surface area contributed by atoms with Gasteiger partial charge >= 0.3 is 6.03 Å². The van der Waals surface area contributed by atoms with Gasteiger partial charge in [-0.2, -0.15) is 0 Å². The molecule has 0 aliphatic carbocycles. The molecule has 0 aliphatic heterocycles. The summed E-state index contributed by atoms with van der Waals surface area (Å²) in [5.41, 5.74) is 5.42.